The Labute approximate surface area is 152 Å². The number of aryl methyl sites for hydroxylation is 2. The number of anilines is 1. The van der Waals surface area contributed by atoms with Gasteiger partial charge in [0.25, 0.3) is 0 Å². The summed E-state index contributed by atoms with van der Waals surface area (Å²) in [6.07, 6.45) is 3.25. The van der Waals surface area contributed by atoms with Gasteiger partial charge in [-0.1, -0.05) is 30.3 Å². The van der Waals surface area contributed by atoms with E-state index >= 15 is 0 Å². The van der Waals surface area contributed by atoms with E-state index in [-0.39, 0.29) is 24.4 Å². The van der Waals surface area contributed by atoms with Crippen molar-refractivity contribution >= 4 is 34.4 Å². The monoisotopic (exact) mass is 357 g/mol. The number of nitrogens with one attached hydrogen (secondary N) is 1. The first kappa shape index (κ1) is 18.9. The summed E-state index contributed by atoms with van der Waals surface area (Å²) in [7, 11) is 0. The van der Waals surface area contributed by atoms with Crippen LogP contribution < -0.4 is 5.32 Å². The Kier molecular flexibility index (Phi) is 6.47. The summed E-state index contributed by atoms with van der Waals surface area (Å²) < 4.78 is 0. The fourth-order valence-electron chi connectivity index (χ4n) is 2.18. The quantitative estimate of drug-likeness (QED) is 0.803. The molecule has 1 N–H and O–H groups in total. The number of aromatic nitrogens is 1. The van der Waals surface area contributed by atoms with Crippen LogP contribution >= 0.6 is 11.3 Å². The summed E-state index contributed by atoms with van der Waals surface area (Å²) in [5, 5.41) is 3.33. The Hall–Kier alpha value is -2.47. The first-order valence-corrected chi connectivity index (χ1v) is 8.96. The molecule has 0 aliphatic carbocycles. The minimum Gasteiger partial charge on any atom is -0.327 e. The van der Waals surface area contributed by atoms with Gasteiger partial charge in [-0.25, -0.2) is 4.98 Å². The van der Waals surface area contributed by atoms with Crippen LogP contribution in [0.4, 0.5) is 5.13 Å². The van der Waals surface area contributed by atoms with Crippen molar-refractivity contribution in [2.45, 2.75) is 33.7 Å². The molecule has 1 heterocycles. The molecule has 1 aromatic carbocycles. The van der Waals surface area contributed by atoms with E-state index in [0.29, 0.717) is 5.13 Å². The molecule has 132 valence electrons. The molecular formula is C19H23N3O2S. The molecule has 0 radical (unpaired) electrons. The van der Waals surface area contributed by atoms with Crippen LogP contribution in [0.1, 0.15) is 30.0 Å². The van der Waals surface area contributed by atoms with E-state index < -0.39 is 0 Å². The lowest BCUT2D eigenvalue weighted by Gasteiger charge is -2.24. The van der Waals surface area contributed by atoms with Gasteiger partial charge in [0.2, 0.25) is 11.8 Å². The molecule has 0 atom stereocenters. The smallest absolute Gasteiger partial charge is 0.247 e. The Bertz CT molecular complexity index is 747. The van der Waals surface area contributed by atoms with Gasteiger partial charge in [0.05, 0.1) is 5.69 Å². The summed E-state index contributed by atoms with van der Waals surface area (Å²) in [6, 6.07) is 9.50. The van der Waals surface area contributed by atoms with Gasteiger partial charge in [-0.3, -0.25) is 9.59 Å². The highest BCUT2D eigenvalue weighted by Gasteiger charge is 2.19. The average Bonchev–Trinajstić information content (AvgIpc) is 2.88. The van der Waals surface area contributed by atoms with E-state index in [0.717, 1.165) is 16.1 Å². The van der Waals surface area contributed by atoms with Crippen LogP contribution in [0.5, 0.6) is 0 Å². The maximum atomic E-state index is 12.5. The number of carbonyl (C=O) groups is 2. The third kappa shape index (κ3) is 5.53. The molecule has 2 amide bonds. The Morgan fingerprint density at radius 2 is 1.92 bits per heavy atom. The van der Waals surface area contributed by atoms with Crippen LogP contribution in [0, 0.1) is 13.8 Å². The molecule has 0 unspecified atom stereocenters. The van der Waals surface area contributed by atoms with Crippen LogP contribution in [0.25, 0.3) is 6.08 Å². The third-order valence-corrected chi connectivity index (χ3v) is 4.70. The maximum absolute atomic E-state index is 12.5. The van der Waals surface area contributed by atoms with Crippen molar-refractivity contribution in [3.8, 4) is 0 Å². The SMILES string of the molecule is Cc1nc(NC(=O)CN(C(=O)C=Cc2ccccc2)C(C)C)sc1C. The van der Waals surface area contributed by atoms with Gasteiger partial charge in [-0.2, -0.15) is 0 Å². The lowest BCUT2D eigenvalue weighted by Crippen LogP contribution is -2.41. The predicted molar refractivity (Wildman–Crippen MR) is 103 cm³/mol. The number of amides is 2. The highest BCUT2D eigenvalue weighted by Crippen LogP contribution is 2.21. The van der Waals surface area contributed by atoms with Crippen LogP contribution in [0.2, 0.25) is 0 Å². The van der Waals surface area contributed by atoms with E-state index in [9.17, 15) is 9.59 Å². The summed E-state index contributed by atoms with van der Waals surface area (Å²) in [5.74, 6) is -0.440. The second-order valence-corrected chi connectivity index (χ2v) is 7.22. The lowest BCUT2D eigenvalue weighted by molar-refractivity contribution is -0.132. The van der Waals surface area contributed by atoms with Crippen molar-refractivity contribution in [1.82, 2.24) is 9.88 Å². The molecule has 25 heavy (non-hydrogen) atoms. The van der Waals surface area contributed by atoms with Crippen molar-refractivity contribution in [2.24, 2.45) is 0 Å². The largest absolute Gasteiger partial charge is 0.327 e. The van der Waals surface area contributed by atoms with Crippen LogP contribution in [0.3, 0.4) is 0 Å². The first-order chi connectivity index (χ1) is 11.9. The second-order valence-electron chi connectivity index (χ2n) is 6.01. The molecule has 2 aromatic rings. The van der Waals surface area contributed by atoms with Crippen molar-refractivity contribution in [1.29, 1.82) is 0 Å². The number of hydrogen-bond donors (Lipinski definition) is 1. The van der Waals surface area contributed by atoms with E-state index in [1.54, 1.807) is 6.08 Å². The Morgan fingerprint density at radius 3 is 2.48 bits per heavy atom. The van der Waals surface area contributed by atoms with Gasteiger partial charge >= 0.3 is 0 Å². The maximum Gasteiger partial charge on any atom is 0.247 e. The number of thiazole rings is 1. The topological polar surface area (TPSA) is 62.3 Å². The molecule has 0 saturated carbocycles. The minimum absolute atomic E-state index is 0.00664. The zero-order valence-electron chi connectivity index (χ0n) is 14.9. The summed E-state index contributed by atoms with van der Waals surface area (Å²) in [5.41, 5.74) is 1.85. The summed E-state index contributed by atoms with van der Waals surface area (Å²) >= 11 is 1.43. The molecular weight excluding hydrogens is 334 g/mol. The fraction of sp³-hybridized carbons (Fsp3) is 0.316. The standard InChI is InChI=1S/C19H23N3O2S/c1-13(2)22(18(24)11-10-16-8-6-5-7-9-16)12-17(23)21-19-20-14(3)15(4)25-19/h5-11,13H,12H2,1-4H3,(H,20,21,23). The number of nitrogens with zero attached hydrogens (tertiary/aromatic N) is 2. The normalized spacial score (nSPS) is 11.1. The van der Waals surface area contributed by atoms with E-state index in [1.165, 1.54) is 22.3 Å². The highest BCUT2D eigenvalue weighted by molar-refractivity contribution is 7.15. The van der Waals surface area contributed by atoms with Crippen molar-refractivity contribution < 1.29 is 9.59 Å². The van der Waals surface area contributed by atoms with E-state index in [1.807, 2.05) is 58.0 Å². The molecule has 6 heteroatoms. The number of benzene rings is 1. The van der Waals surface area contributed by atoms with E-state index in [2.05, 4.69) is 10.3 Å². The molecule has 0 aliphatic heterocycles. The van der Waals surface area contributed by atoms with Crippen LogP contribution in [-0.2, 0) is 9.59 Å². The Morgan fingerprint density at radius 1 is 1.24 bits per heavy atom. The minimum atomic E-state index is -0.246. The van der Waals surface area contributed by atoms with Gasteiger partial charge in [-0.15, -0.1) is 11.3 Å². The van der Waals surface area contributed by atoms with Crippen molar-refractivity contribution in [3.63, 3.8) is 0 Å². The highest BCUT2D eigenvalue weighted by atomic mass is 32.1. The van der Waals surface area contributed by atoms with Gasteiger partial charge < -0.3 is 10.2 Å². The Balaban J connectivity index is 2.00. The van der Waals surface area contributed by atoms with Gasteiger partial charge in [0.15, 0.2) is 5.13 Å². The van der Waals surface area contributed by atoms with Crippen LogP contribution in [0.15, 0.2) is 36.4 Å². The molecule has 5 nitrogen and oxygen atoms in total. The third-order valence-electron chi connectivity index (χ3n) is 3.71. The number of hydrogen-bond acceptors (Lipinski definition) is 4. The molecule has 1 aromatic heterocycles. The molecule has 0 spiro atoms. The second kappa shape index (κ2) is 8.58. The van der Waals surface area contributed by atoms with Crippen molar-refractivity contribution in [3.05, 3.63) is 52.5 Å². The zero-order valence-corrected chi connectivity index (χ0v) is 15.8. The van der Waals surface area contributed by atoms with Crippen LogP contribution in [-0.4, -0.2) is 34.3 Å². The summed E-state index contributed by atoms with van der Waals surface area (Å²) in [6.45, 7) is 7.63. The van der Waals surface area contributed by atoms with Crippen molar-refractivity contribution in [2.75, 3.05) is 11.9 Å². The van der Waals surface area contributed by atoms with Gasteiger partial charge in [-0.05, 0) is 39.3 Å². The molecule has 0 aliphatic rings. The first-order valence-electron chi connectivity index (χ1n) is 8.14. The van der Waals surface area contributed by atoms with Gasteiger partial charge in [0, 0.05) is 17.0 Å². The zero-order chi connectivity index (χ0) is 18.4. The predicted octanol–water partition coefficient (Wildman–Crippen LogP) is 3.65. The van der Waals surface area contributed by atoms with E-state index in [4.69, 9.17) is 0 Å². The number of carbonyl (C=O) groups excluding carboxylic acids is 2. The fourth-order valence-corrected chi connectivity index (χ4v) is 3.01. The molecule has 0 fully saturated rings. The molecule has 0 bridgehead atoms. The average molecular weight is 357 g/mol. The molecule has 0 saturated heterocycles. The lowest BCUT2D eigenvalue weighted by atomic mass is 10.2. The van der Waals surface area contributed by atoms with Gasteiger partial charge in [0.1, 0.15) is 6.54 Å². The summed E-state index contributed by atoms with van der Waals surface area (Å²) in [4.78, 5) is 31.6. The number of rotatable bonds is 6. The molecule has 2 rings (SSSR count).